The molecular formula is C19H20N2O4. The van der Waals surface area contributed by atoms with Crippen molar-refractivity contribution in [1.82, 2.24) is 0 Å². The first kappa shape index (κ1) is 16.8. The van der Waals surface area contributed by atoms with Gasteiger partial charge in [0.25, 0.3) is 0 Å². The van der Waals surface area contributed by atoms with Crippen molar-refractivity contribution in [2.75, 3.05) is 30.5 Å². The lowest BCUT2D eigenvalue weighted by molar-refractivity contribution is -0.122. The number of anilines is 2. The summed E-state index contributed by atoms with van der Waals surface area (Å²) in [6, 6.07) is 14.5. The van der Waals surface area contributed by atoms with Gasteiger partial charge in [-0.3, -0.25) is 9.59 Å². The maximum atomic E-state index is 12.5. The molecule has 130 valence electrons. The van der Waals surface area contributed by atoms with Crippen molar-refractivity contribution in [3.8, 4) is 11.5 Å². The molecule has 0 aliphatic carbocycles. The Balaban J connectivity index is 1.56. The topological polar surface area (TPSA) is 67.9 Å². The largest absolute Gasteiger partial charge is 0.497 e. The molecule has 1 aliphatic rings. The average molecular weight is 340 g/mol. The van der Waals surface area contributed by atoms with E-state index in [2.05, 4.69) is 5.32 Å². The number of rotatable bonds is 5. The molecule has 6 heteroatoms. The van der Waals surface area contributed by atoms with Gasteiger partial charge in [-0.05, 0) is 24.3 Å². The van der Waals surface area contributed by atoms with Crippen LogP contribution in [0.15, 0.2) is 48.5 Å². The highest BCUT2D eigenvalue weighted by Crippen LogP contribution is 2.31. The molecule has 0 fully saturated rings. The van der Waals surface area contributed by atoms with Crippen LogP contribution < -0.4 is 19.7 Å². The molecule has 0 aromatic heterocycles. The second kappa shape index (κ2) is 7.70. The second-order valence-electron chi connectivity index (χ2n) is 5.64. The number of fused-ring (bicyclic) bond motifs is 1. The second-order valence-corrected chi connectivity index (χ2v) is 5.64. The third-order valence-corrected chi connectivity index (χ3v) is 3.95. The Bertz CT molecular complexity index is 776. The fraction of sp³-hybridized carbons (Fsp3) is 0.263. The maximum absolute atomic E-state index is 12.5. The van der Waals surface area contributed by atoms with Gasteiger partial charge < -0.3 is 19.7 Å². The third-order valence-electron chi connectivity index (χ3n) is 3.95. The average Bonchev–Trinajstić information content (AvgIpc) is 2.65. The van der Waals surface area contributed by atoms with Gasteiger partial charge in [-0.25, -0.2) is 0 Å². The molecule has 1 heterocycles. The van der Waals surface area contributed by atoms with Crippen LogP contribution in [-0.4, -0.2) is 32.1 Å². The summed E-state index contributed by atoms with van der Waals surface area (Å²) in [6.45, 7) is 0.951. The smallest absolute Gasteiger partial charge is 0.227 e. The lowest BCUT2D eigenvalue weighted by Crippen LogP contribution is -2.38. The number of methoxy groups -OCH3 is 1. The standard InChI is InChI=1S/C19H20N2O4/c1-24-15-6-4-5-14(13-15)20-18(22)9-10-19(23)21-11-12-25-17-8-3-2-7-16(17)21/h2-8,13H,9-12H2,1H3,(H,20,22). The number of amides is 2. The number of nitrogens with one attached hydrogen (secondary N) is 1. The molecular weight excluding hydrogens is 320 g/mol. The van der Waals surface area contributed by atoms with E-state index in [1.54, 1.807) is 36.3 Å². The van der Waals surface area contributed by atoms with Crippen LogP contribution in [0.25, 0.3) is 0 Å². The number of benzene rings is 2. The first-order valence-corrected chi connectivity index (χ1v) is 8.13. The van der Waals surface area contributed by atoms with Crippen LogP contribution in [0.1, 0.15) is 12.8 Å². The zero-order valence-corrected chi connectivity index (χ0v) is 14.0. The highest BCUT2D eigenvalue weighted by Gasteiger charge is 2.23. The van der Waals surface area contributed by atoms with Crippen LogP contribution in [0.2, 0.25) is 0 Å². The van der Waals surface area contributed by atoms with Gasteiger partial charge >= 0.3 is 0 Å². The van der Waals surface area contributed by atoms with E-state index in [9.17, 15) is 9.59 Å². The van der Waals surface area contributed by atoms with Gasteiger partial charge in [0.1, 0.15) is 18.1 Å². The van der Waals surface area contributed by atoms with E-state index in [0.29, 0.717) is 30.3 Å². The zero-order valence-electron chi connectivity index (χ0n) is 14.0. The molecule has 2 amide bonds. The van der Waals surface area contributed by atoms with Gasteiger partial charge in [-0.1, -0.05) is 18.2 Å². The van der Waals surface area contributed by atoms with Crippen molar-refractivity contribution >= 4 is 23.2 Å². The highest BCUT2D eigenvalue weighted by atomic mass is 16.5. The minimum absolute atomic E-state index is 0.0865. The maximum Gasteiger partial charge on any atom is 0.227 e. The Morgan fingerprint density at radius 1 is 1.16 bits per heavy atom. The lowest BCUT2D eigenvalue weighted by atomic mass is 10.2. The summed E-state index contributed by atoms with van der Waals surface area (Å²) in [4.78, 5) is 26.3. The Labute approximate surface area is 146 Å². The fourth-order valence-electron chi connectivity index (χ4n) is 2.71. The van der Waals surface area contributed by atoms with Crippen LogP contribution in [0.5, 0.6) is 11.5 Å². The van der Waals surface area contributed by atoms with Gasteiger partial charge in [0.05, 0.1) is 19.3 Å². The first-order valence-electron chi connectivity index (χ1n) is 8.13. The Kier molecular flexibility index (Phi) is 5.18. The molecule has 1 N–H and O–H groups in total. The van der Waals surface area contributed by atoms with Gasteiger partial charge in [-0.2, -0.15) is 0 Å². The van der Waals surface area contributed by atoms with Crippen LogP contribution in [0.4, 0.5) is 11.4 Å². The summed E-state index contributed by atoms with van der Waals surface area (Å²) in [7, 11) is 1.57. The zero-order chi connectivity index (χ0) is 17.6. The van der Waals surface area contributed by atoms with Crippen molar-refractivity contribution in [3.05, 3.63) is 48.5 Å². The van der Waals surface area contributed by atoms with Crippen molar-refractivity contribution in [2.24, 2.45) is 0 Å². The van der Waals surface area contributed by atoms with E-state index in [1.165, 1.54) is 0 Å². The van der Waals surface area contributed by atoms with Crippen LogP contribution in [0.3, 0.4) is 0 Å². The number of carbonyl (C=O) groups is 2. The number of hydrogen-bond acceptors (Lipinski definition) is 4. The molecule has 0 saturated heterocycles. The normalized spacial score (nSPS) is 12.8. The summed E-state index contributed by atoms with van der Waals surface area (Å²) < 4.78 is 10.7. The molecule has 6 nitrogen and oxygen atoms in total. The monoisotopic (exact) mass is 340 g/mol. The number of para-hydroxylation sites is 2. The van der Waals surface area contributed by atoms with Crippen molar-refractivity contribution in [2.45, 2.75) is 12.8 Å². The van der Waals surface area contributed by atoms with E-state index in [0.717, 1.165) is 5.69 Å². The molecule has 0 radical (unpaired) electrons. The lowest BCUT2D eigenvalue weighted by Gasteiger charge is -2.29. The number of nitrogens with zero attached hydrogens (tertiary/aromatic N) is 1. The van der Waals surface area contributed by atoms with Crippen molar-refractivity contribution in [3.63, 3.8) is 0 Å². The van der Waals surface area contributed by atoms with E-state index in [-0.39, 0.29) is 24.7 Å². The SMILES string of the molecule is COc1cccc(NC(=O)CCC(=O)N2CCOc3ccccc32)c1. The molecule has 0 atom stereocenters. The minimum Gasteiger partial charge on any atom is -0.497 e. The molecule has 2 aromatic carbocycles. The minimum atomic E-state index is -0.205. The Hall–Kier alpha value is -3.02. The molecule has 0 spiro atoms. The van der Waals surface area contributed by atoms with E-state index < -0.39 is 0 Å². The molecule has 0 unspecified atom stereocenters. The summed E-state index contributed by atoms with van der Waals surface area (Å²) >= 11 is 0. The highest BCUT2D eigenvalue weighted by molar-refractivity contribution is 5.99. The van der Waals surface area contributed by atoms with E-state index in [4.69, 9.17) is 9.47 Å². The summed E-state index contributed by atoms with van der Waals surface area (Å²) in [6.07, 6.45) is 0.264. The molecule has 25 heavy (non-hydrogen) atoms. The number of ether oxygens (including phenoxy) is 2. The van der Waals surface area contributed by atoms with Crippen molar-refractivity contribution < 1.29 is 19.1 Å². The van der Waals surface area contributed by atoms with Gasteiger partial charge in [0.15, 0.2) is 0 Å². The van der Waals surface area contributed by atoms with E-state index >= 15 is 0 Å². The third kappa shape index (κ3) is 4.09. The summed E-state index contributed by atoms with van der Waals surface area (Å²) in [5.41, 5.74) is 1.40. The predicted molar refractivity (Wildman–Crippen MR) is 95.1 cm³/mol. The number of hydrogen-bond donors (Lipinski definition) is 1. The molecule has 0 bridgehead atoms. The fourth-order valence-corrected chi connectivity index (χ4v) is 2.71. The van der Waals surface area contributed by atoms with Crippen LogP contribution in [0, 0.1) is 0 Å². The summed E-state index contributed by atoms with van der Waals surface area (Å²) in [5, 5.41) is 2.78. The molecule has 2 aromatic rings. The van der Waals surface area contributed by atoms with Crippen LogP contribution >= 0.6 is 0 Å². The molecule has 0 saturated carbocycles. The molecule has 3 rings (SSSR count). The van der Waals surface area contributed by atoms with Crippen molar-refractivity contribution in [1.29, 1.82) is 0 Å². The quantitative estimate of drug-likeness (QED) is 0.909. The number of carbonyl (C=O) groups excluding carboxylic acids is 2. The molecule has 1 aliphatic heterocycles. The van der Waals surface area contributed by atoms with Gasteiger partial charge in [0.2, 0.25) is 11.8 Å². The predicted octanol–water partition coefficient (Wildman–Crippen LogP) is 2.84. The first-order chi connectivity index (χ1) is 12.2. The van der Waals surface area contributed by atoms with Gasteiger partial charge in [-0.15, -0.1) is 0 Å². The van der Waals surface area contributed by atoms with E-state index in [1.807, 2.05) is 24.3 Å². The van der Waals surface area contributed by atoms with Gasteiger partial charge in [0, 0.05) is 24.6 Å². The van der Waals surface area contributed by atoms with Crippen LogP contribution in [-0.2, 0) is 9.59 Å². The Morgan fingerprint density at radius 3 is 2.84 bits per heavy atom. The summed E-state index contributed by atoms with van der Waals surface area (Å²) in [5.74, 6) is 1.07. The Morgan fingerprint density at radius 2 is 2.00 bits per heavy atom.